The molecule has 2 heterocycles. The van der Waals surface area contributed by atoms with Gasteiger partial charge in [0.2, 0.25) is 0 Å². The Hall–Kier alpha value is -3.79. The Morgan fingerprint density at radius 1 is 1.00 bits per heavy atom. The molecule has 0 aliphatic rings. The van der Waals surface area contributed by atoms with Gasteiger partial charge in [0.15, 0.2) is 5.65 Å². The normalized spacial score (nSPS) is 10.9. The zero-order chi connectivity index (χ0) is 27.4. The number of nitrogens with zero attached hydrogens (tertiary/aromatic N) is 3. The molecular formula is C28H23BrCl2N6O2. The molecular weight excluding hydrogens is 603 g/mol. The van der Waals surface area contributed by atoms with E-state index in [9.17, 15) is 4.79 Å². The maximum Gasteiger partial charge on any atom is 0.319 e. The van der Waals surface area contributed by atoms with Crippen molar-refractivity contribution in [2.24, 2.45) is 0 Å². The van der Waals surface area contributed by atoms with Gasteiger partial charge in [-0.25, -0.2) is 9.78 Å². The molecule has 0 spiro atoms. The van der Waals surface area contributed by atoms with Gasteiger partial charge < -0.3 is 20.7 Å². The number of rotatable bonds is 8. The van der Waals surface area contributed by atoms with Crippen molar-refractivity contribution in [2.45, 2.75) is 13.1 Å². The standard InChI is InChI=1S/C28H23BrCl2N6O2/c1-39-25-11-10-19(30)12-24(25)36-28(38)33-15-18-8-6-17(7-9-18)14-32-26-13-23(20-4-2-3-5-22(20)31)35-27-21(29)16-34-37(26)27/h2-13,16,32H,14-15H2,1H3,(H2,33,36,38). The van der Waals surface area contributed by atoms with Crippen LogP contribution in [-0.4, -0.2) is 27.7 Å². The Kier molecular flexibility index (Phi) is 8.21. The van der Waals surface area contributed by atoms with E-state index in [4.69, 9.17) is 32.9 Å². The van der Waals surface area contributed by atoms with Crippen molar-refractivity contribution in [3.8, 4) is 17.0 Å². The number of amides is 2. The number of ether oxygens (including phenoxy) is 1. The molecule has 2 aromatic heterocycles. The summed E-state index contributed by atoms with van der Waals surface area (Å²) >= 11 is 16.0. The number of hydrogen-bond donors (Lipinski definition) is 3. The number of halogens is 3. The van der Waals surface area contributed by atoms with Crippen LogP contribution in [0.1, 0.15) is 11.1 Å². The van der Waals surface area contributed by atoms with Crippen molar-refractivity contribution in [1.29, 1.82) is 0 Å². The first-order chi connectivity index (χ1) is 18.9. The number of fused-ring (bicyclic) bond motifs is 1. The second-order valence-electron chi connectivity index (χ2n) is 8.56. The number of urea groups is 1. The van der Waals surface area contributed by atoms with Crippen LogP contribution in [0.2, 0.25) is 10.0 Å². The summed E-state index contributed by atoms with van der Waals surface area (Å²) in [6, 6.07) is 22.2. The van der Waals surface area contributed by atoms with Crippen molar-refractivity contribution in [2.75, 3.05) is 17.7 Å². The molecule has 198 valence electrons. The average Bonchev–Trinajstić information content (AvgIpc) is 3.32. The van der Waals surface area contributed by atoms with Gasteiger partial charge in [-0.15, -0.1) is 0 Å². The summed E-state index contributed by atoms with van der Waals surface area (Å²) in [4.78, 5) is 17.1. The lowest BCUT2D eigenvalue weighted by Crippen LogP contribution is -2.28. The van der Waals surface area contributed by atoms with E-state index >= 15 is 0 Å². The van der Waals surface area contributed by atoms with Gasteiger partial charge in [0, 0.05) is 34.8 Å². The zero-order valence-corrected chi connectivity index (χ0v) is 23.8. The molecule has 5 rings (SSSR count). The summed E-state index contributed by atoms with van der Waals surface area (Å²) in [6.45, 7) is 0.914. The molecule has 2 amide bonds. The molecule has 3 N–H and O–H groups in total. The van der Waals surface area contributed by atoms with Gasteiger partial charge in [-0.2, -0.15) is 9.61 Å². The maximum atomic E-state index is 12.4. The molecule has 0 atom stereocenters. The molecule has 0 radical (unpaired) electrons. The molecule has 0 unspecified atom stereocenters. The SMILES string of the molecule is COc1ccc(Cl)cc1NC(=O)NCc1ccc(CNc2cc(-c3ccccc3Cl)nc3c(Br)cnn23)cc1. The molecule has 0 bridgehead atoms. The quantitative estimate of drug-likeness (QED) is 0.167. The third-order valence-electron chi connectivity index (χ3n) is 5.94. The first-order valence-electron chi connectivity index (χ1n) is 11.9. The second kappa shape index (κ2) is 11.9. The van der Waals surface area contributed by atoms with Crippen LogP contribution in [0.3, 0.4) is 0 Å². The summed E-state index contributed by atoms with van der Waals surface area (Å²) in [7, 11) is 1.53. The van der Waals surface area contributed by atoms with Crippen molar-refractivity contribution in [3.05, 3.63) is 105 Å². The van der Waals surface area contributed by atoms with E-state index in [0.29, 0.717) is 40.2 Å². The number of benzene rings is 3. The summed E-state index contributed by atoms with van der Waals surface area (Å²) in [5, 5.41) is 14.6. The summed E-state index contributed by atoms with van der Waals surface area (Å²) in [5.74, 6) is 1.30. The van der Waals surface area contributed by atoms with Gasteiger partial charge in [0.1, 0.15) is 11.6 Å². The molecule has 39 heavy (non-hydrogen) atoms. The lowest BCUT2D eigenvalue weighted by Gasteiger charge is -2.13. The van der Waals surface area contributed by atoms with Crippen molar-refractivity contribution in [3.63, 3.8) is 0 Å². The predicted octanol–water partition coefficient (Wildman–Crippen LogP) is 7.41. The molecule has 3 aromatic carbocycles. The lowest BCUT2D eigenvalue weighted by atomic mass is 10.1. The first kappa shape index (κ1) is 26.8. The van der Waals surface area contributed by atoms with E-state index in [0.717, 1.165) is 32.7 Å². The van der Waals surface area contributed by atoms with E-state index in [1.807, 2.05) is 54.6 Å². The van der Waals surface area contributed by atoms with Crippen LogP contribution in [0, 0.1) is 0 Å². The fourth-order valence-electron chi connectivity index (χ4n) is 3.96. The number of aromatic nitrogens is 3. The molecule has 0 saturated heterocycles. The number of hydrogen-bond acceptors (Lipinski definition) is 5. The Morgan fingerprint density at radius 3 is 2.49 bits per heavy atom. The Labute approximate surface area is 243 Å². The largest absolute Gasteiger partial charge is 0.495 e. The van der Waals surface area contributed by atoms with Crippen LogP contribution in [0.25, 0.3) is 16.9 Å². The smallest absolute Gasteiger partial charge is 0.319 e. The monoisotopic (exact) mass is 624 g/mol. The molecule has 11 heteroatoms. The third kappa shape index (κ3) is 6.27. The lowest BCUT2D eigenvalue weighted by molar-refractivity contribution is 0.251. The van der Waals surface area contributed by atoms with Crippen LogP contribution in [0.15, 0.2) is 83.5 Å². The number of nitrogens with one attached hydrogen (secondary N) is 3. The van der Waals surface area contributed by atoms with Gasteiger partial charge in [-0.05, 0) is 51.3 Å². The molecule has 0 aliphatic carbocycles. The summed E-state index contributed by atoms with van der Waals surface area (Å²) in [5.41, 5.74) is 4.78. The number of carbonyl (C=O) groups is 1. The molecule has 0 aliphatic heterocycles. The second-order valence-corrected chi connectivity index (χ2v) is 10.3. The maximum absolute atomic E-state index is 12.4. The molecule has 0 saturated carbocycles. The molecule has 8 nitrogen and oxygen atoms in total. The first-order valence-corrected chi connectivity index (χ1v) is 13.5. The zero-order valence-electron chi connectivity index (χ0n) is 20.7. The minimum atomic E-state index is -0.359. The van der Waals surface area contributed by atoms with Crippen LogP contribution >= 0.6 is 39.1 Å². The molecule has 5 aromatic rings. The van der Waals surface area contributed by atoms with E-state index in [1.165, 1.54) is 7.11 Å². The van der Waals surface area contributed by atoms with E-state index < -0.39 is 0 Å². The van der Waals surface area contributed by atoms with E-state index in [1.54, 1.807) is 28.9 Å². The highest BCUT2D eigenvalue weighted by Crippen LogP contribution is 2.31. The third-order valence-corrected chi connectivity index (χ3v) is 7.06. The Bertz CT molecular complexity index is 1640. The highest BCUT2D eigenvalue weighted by molar-refractivity contribution is 9.10. The molecule has 0 fully saturated rings. The highest BCUT2D eigenvalue weighted by Gasteiger charge is 2.13. The fourth-order valence-corrected chi connectivity index (χ4v) is 4.72. The van der Waals surface area contributed by atoms with Crippen LogP contribution in [0.5, 0.6) is 5.75 Å². The minimum Gasteiger partial charge on any atom is -0.495 e. The fraction of sp³-hybridized carbons (Fsp3) is 0.107. The highest BCUT2D eigenvalue weighted by atomic mass is 79.9. The van der Waals surface area contributed by atoms with Gasteiger partial charge >= 0.3 is 6.03 Å². The van der Waals surface area contributed by atoms with Crippen LogP contribution in [0.4, 0.5) is 16.3 Å². The summed E-state index contributed by atoms with van der Waals surface area (Å²) in [6.07, 6.45) is 1.71. The van der Waals surface area contributed by atoms with Gasteiger partial charge in [-0.3, -0.25) is 0 Å². The minimum absolute atomic E-state index is 0.357. The average molecular weight is 626 g/mol. The van der Waals surface area contributed by atoms with Crippen LogP contribution < -0.4 is 20.7 Å². The van der Waals surface area contributed by atoms with Crippen molar-refractivity contribution >= 4 is 62.3 Å². The van der Waals surface area contributed by atoms with Crippen LogP contribution in [-0.2, 0) is 13.1 Å². The predicted molar refractivity (Wildman–Crippen MR) is 159 cm³/mol. The number of methoxy groups -OCH3 is 1. The van der Waals surface area contributed by atoms with Gasteiger partial charge in [-0.1, -0.05) is 65.7 Å². The number of anilines is 2. The Balaban J connectivity index is 1.24. The van der Waals surface area contributed by atoms with E-state index in [-0.39, 0.29) is 6.03 Å². The van der Waals surface area contributed by atoms with Crippen molar-refractivity contribution < 1.29 is 9.53 Å². The van der Waals surface area contributed by atoms with Gasteiger partial charge in [0.25, 0.3) is 0 Å². The topological polar surface area (TPSA) is 92.6 Å². The van der Waals surface area contributed by atoms with E-state index in [2.05, 4.69) is 37.0 Å². The number of carbonyl (C=O) groups excluding carboxylic acids is 1. The van der Waals surface area contributed by atoms with Crippen molar-refractivity contribution in [1.82, 2.24) is 19.9 Å². The van der Waals surface area contributed by atoms with Gasteiger partial charge in [0.05, 0.1) is 29.2 Å². The Morgan fingerprint density at radius 2 is 1.74 bits per heavy atom. The summed E-state index contributed by atoms with van der Waals surface area (Å²) < 4.78 is 7.80.